The van der Waals surface area contributed by atoms with Gasteiger partial charge in [0.1, 0.15) is 5.82 Å². The molecule has 82 valence electrons. The Balaban J connectivity index is 2.19. The van der Waals surface area contributed by atoms with Crippen LogP contribution < -0.4 is 10.2 Å². The molecule has 0 amide bonds. The van der Waals surface area contributed by atoms with Crippen LogP contribution in [0, 0.1) is 0 Å². The molecule has 0 aliphatic carbocycles. The third-order valence-electron chi connectivity index (χ3n) is 2.45. The summed E-state index contributed by atoms with van der Waals surface area (Å²) >= 11 is 7.86. The summed E-state index contributed by atoms with van der Waals surface area (Å²) in [6.07, 6.45) is 3.91. The van der Waals surface area contributed by atoms with Crippen LogP contribution in [0.15, 0.2) is 17.2 Å². The summed E-state index contributed by atoms with van der Waals surface area (Å²) in [4.78, 5) is 7.75. The summed E-state index contributed by atoms with van der Waals surface area (Å²) in [6.45, 7) is 3.96. The van der Waals surface area contributed by atoms with Crippen LogP contribution in [0.1, 0.15) is 0 Å². The Hall–Kier alpha value is -0.450. The molecule has 0 unspecified atom stereocenters. The molecule has 0 saturated carbocycles. The van der Waals surface area contributed by atoms with Crippen molar-refractivity contribution < 1.29 is 0 Å². The molecule has 2 rings (SSSR count). The van der Waals surface area contributed by atoms with Crippen molar-refractivity contribution in [3.05, 3.63) is 17.3 Å². The van der Waals surface area contributed by atoms with Crippen LogP contribution in [0.3, 0.4) is 0 Å². The molecule has 0 aromatic carbocycles. The van der Waals surface area contributed by atoms with Crippen LogP contribution in [-0.2, 0) is 0 Å². The van der Waals surface area contributed by atoms with Crippen LogP contribution in [0.5, 0.6) is 0 Å². The molecule has 1 aromatic rings. The highest BCUT2D eigenvalue weighted by Crippen LogP contribution is 2.27. The SMILES string of the molecule is CSc1cnc(N2CCNCC2)c(Cl)c1. The van der Waals surface area contributed by atoms with E-state index in [1.165, 1.54) is 0 Å². The van der Waals surface area contributed by atoms with E-state index in [-0.39, 0.29) is 0 Å². The summed E-state index contributed by atoms with van der Waals surface area (Å²) in [5.41, 5.74) is 0. The molecule has 1 saturated heterocycles. The van der Waals surface area contributed by atoms with Gasteiger partial charge in [0.15, 0.2) is 0 Å². The zero-order valence-corrected chi connectivity index (χ0v) is 10.2. The number of nitrogens with zero attached hydrogens (tertiary/aromatic N) is 2. The zero-order valence-electron chi connectivity index (χ0n) is 8.66. The monoisotopic (exact) mass is 243 g/mol. The van der Waals surface area contributed by atoms with Crippen molar-refractivity contribution in [3.8, 4) is 0 Å². The molecule has 1 fully saturated rings. The topological polar surface area (TPSA) is 28.2 Å². The quantitative estimate of drug-likeness (QED) is 0.803. The highest BCUT2D eigenvalue weighted by Gasteiger charge is 2.14. The number of rotatable bonds is 2. The molecule has 0 radical (unpaired) electrons. The first-order valence-electron chi connectivity index (χ1n) is 4.96. The molecule has 5 heteroatoms. The minimum Gasteiger partial charge on any atom is -0.353 e. The lowest BCUT2D eigenvalue weighted by molar-refractivity contribution is 0.585. The van der Waals surface area contributed by atoms with Gasteiger partial charge in [-0.1, -0.05) is 11.6 Å². The predicted molar refractivity (Wildman–Crippen MR) is 66.1 cm³/mol. The summed E-state index contributed by atoms with van der Waals surface area (Å²) in [7, 11) is 0. The van der Waals surface area contributed by atoms with Gasteiger partial charge in [0, 0.05) is 37.3 Å². The first-order valence-corrected chi connectivity index (χ1v) is 6.57. The average molecular weight is 244 g/mol. The summed E-state index contributed by atoms with van der Waals surface area (Å²) in [5.74, 6) is 0.913. The molecular weight excluding hydrogens is 230 g/mol. The highest BCUT2D eigenvalue weighted by molar-refractivity contribution is 7.98. The van der Waals surface area contributed by atoms with E-state index in [0.29, 0.717) is 0 Å². The van der Waals surface area contributed by atoms with E-state index in [0.717, 1.165) is 41.9 Å². The van der Waals surface area contributed by atoms with Crippen molar-refractivity contribution in [2.75, 3.05) is 37.3 Å². The largest absolute Gasteiger partial charge is 0.353 e. The van der Waals surface area contributed by atoms with Gasteiger partial charge < -0.3 is 10.2 Å². The second-order valence-electron chi connectivity index (χ2n) is 3.42. The highest BCUT2D eigenvalue weighted by atomic mass is 35.5. The number of pyridine rings is 1. The van der Waals surface area contributed by atoms with Crippen LogP contribution >= 0.6 is 23.4 Å². The smallest absolute Gasteiger partial charge is 0.147 e. The fourth-order valence-electron chi connectivity index (χ4n) is 1.63. The van der Waals surface area contributed by atoms with Crippen molar-refractivity contribution in [2.24, 2.45) is 0 Å². The molecule has 1 N–H and O–H groups in total. The van der Waals surface area contributed by atoms with Crippen molar-refractivity contribution in [1.29, 1.82) is 0 Å². The summed E-state index contributed by atoms with van der Waals surface area (Å²) in [5, 5.41) is 4.06. The van der Waals surface area contributed by atoms with Crippen molar-refractivity contribution in [3.63, 3.8) is 0 Å². The first kappa shape index (κ1) is 11.0. The lowest BCUT2D eigenvalue weighted by Crippen LogP contribution is -2.44. The maximum absolute atomic E-state index is 6.20. The number of nitrogens with one attached hydrogen (secondary N) is 1. The van der Waals surface area contributed by atoms with Gasteiger partial charge in [0.25, 0.3) is 0 Å². The van der Waals surface area contributed by atoms with Gasteiger partial charge >= 0.3 is 0 Å². The Bertz CT molecular complexity index is 339. The number of hydrogen-bond acceptors (Lipinski definition) is 4. The normalized spacial score (nSPS) is 16.8. The van der Waals surface area contributed by atoms with E-state index in [4.69, 9.17) is 11.6 Å². The molecule has 2 heterocycles. The number of halogens is 1. The standard InChI is InChI=1S/C10H14ClN3S/c1-15-8-6-9(11)10(13-7-8)14-4-2-12-3-5-14/h6-7,12H,2-5H2,1H3. The number of anilines is 1. The Labute approximate surface area is 99.2 Å². The van der Waals surface area contributed by atoms with E-state index in [2.05, 4.69) is 15.2 Å². The number of thioether (sulfide) groups is 1. The average Bonchev–Trinajstić information content (AvgIpc) is 2.30. The molecule has 1 aromatic heterocycles. The number of aromatic nitrogens is 1. The number of piperazine rings is 1. The third kappa shape index (κ3) is 2.56. The van der Waals surface area contributed by atoms with E-state index < -0.39 is 0 Å². The van der Waals surface area contributed by atoms with Crippen LogP contribution in [0.25, 0.3) is 0 Å². The molecule has 0 bridgehead atoms. The Morgan fingerprint density at radius 1 is 1.47 bits per heavy atom. The Morgan fingerprint density at radius 2 is 2.20 bits per heavy atom. The molecule has 0 atom stereocenters. The van der Waals surface area contributed by atoms with Crippen molar-refractivity contribution in [1.82, 2.24) is 10.3 Å². The van der Waals surface area contributed by atoms with Crippen molar-refractivity contribution in [2.45, 2.75) is 4.90 Å². The van der Waals surface area contributed by atoms with Gasteiger partial charge in [0.2, 0.25) is 0 Å². The molecule has 15 heavy (non-hydrogen) atoms. The fourth-order valence-corrected chi connectivity index (χ4v) is 2.38. The lowest BCUT2D eigenvalue weighted by atomic mass is 10.3. The van der Waals surface area contributed by atoms with Crippen LogP contribution in [-0.4, -0.2) is 37.4 Å². The van der Waals surface area contributed by atoms with E-state index in [9.17, 15) is 0 Å². The lowest BCUT2D eigenvalue weighted by Gasteiger charge is -2.29. The predicted octanol–water partition coefficient (Wildman–Crippen LogP) is 1.87. The van der Waals surface area contributed by atoms with Crippen LogP contribution in [0.4, 0.5) is 5.82 Å². The van der Waals surface area contributed by atoms with Gasteiger partial charge in [-0.05, 0) is 12.3 Å². The molecule has 3 nitrogen and oxygen atoms in total. The second kappa shape index (κ2) is 5.05. The number of hydrogen-bond donors (Lipinski definition) is 1. The molecule has 1 aliphatic rings. The van der Waals surface area contributed by atoms with Gasteiger partial charge in [-0.2, -0.15) is 0 Å². The molecule has 1 aliphatic heterocycles. The fraction of sp³-hybridized carbons (Fsp3) is 0.500. The van der Waals surface area contributed by atoms with Gasteiger partial charge in [-0.3, -0.25) is 0 Å². The van der Waals surface area contributed by atoms with Crippen LogP contribution in [0.2, 0.25) is 5.02 Å². The van der Waals surface area contributed by atoms with E-state index in [1.54, 1.807) is 11.8 Å². The maximum atomic E-state index is 6.20. The molecular formula is C10H14ClN3S. The zero-order chi connectivity index (χ0) is 10.7. The van der Waals surface area contributed by atoms with Gasteiger partial charge in [0.05, 0.1) is 5.02 Å². The minimum absolute atomic E-state index is 0.753. The van der Waals surface area contributed by atoms with Gasteiger partial charge in [-0.25, -0.2) is 4.98 Å². The van der Waals surface area contributed by atoms with E-state index >= 15 is 0 Å². The Morgan fingerprint density at radius 3 is 2.80 bits per heavy atom. The molecule has 0 spiro atoms. The van der Waals surface area contributed by atoms with E-state index in [1.807, 2.05) is 18.5 Å². The minimum atomic E-state index is 0.753. The summed E-state index contributed by atoms with van der Waals surface area (Å²) < 4.78 is 0. The maximum Gasteiger partial charge on any atom is 0.147 e. The second-order valence-corrected chi connectivity index (χ2v) is 4.70. The Kier molecular flexibility index (Phi) is 3.72. The summed E-state index contributed by atoms with van der Waals surface area (Å²) in [6, 6.07) is 1.98. The van der Waals surface area contributed by atoms with Gasteiger partial charge in [-0.15, -0.1) is 11.8 Å². The first-order chi connectivity index (χ1) is 7.31. The third-order valence-corrected chi connectivity index (χ3v) is 3.42. The van der Waals surface area contributed by atoms with Crippen molar-refractivity contribution >= 4 is 29.2 Å².